The Morgan fingerprint density at radius 3 is 2.58 bits per heavy atom. The fraction of sp³-hybridized carbons (Fsp3) is 0.214. The molecule has 0 spiro atoms. The van der Waals surface area contributed by atoms with Crippen molar-refractivity contribution < 1.29 is 0 Å². The third-order valence-corrected chi connectivity index (χ3v) is 4.00. The molecule has 5 heteroatoms. The zero-order valence-electron chi connectivity index (χ0n) is 10.4. The van der Waals surface area contributed by atoms with E-state index in [0.717, 1.165) is 16.3 Å². The van der Waals surface area contributed by atoms with E-state index in [4.69, 9.17) is 28.9 Å². The van der Waals surface area contributed by atoms with Gasteiger partial charge >= 0.3 is 0 Å². The summed E-state index contributed by atoms with van der Waals surface area (Å²) >= 11 is 13.5. The van der Waals surface area contributed by atoms with Crippen LogP contribution in [0.15, 0.2) is 46.5 Å². The van der Waals surface area contributed by atoms with Gasteiger partial charge in [0.1, 0.15) is 5.03 Å². The molecule has 0 aliphatic heterocycles. The molecule has 19 heavy (non-hydrogen) atoms. The van der Waals surface area contributed by atoms with Crippen molar-refractivity contribution in [2.45, 2.75) is 29.3 Å². The molecule has 2 aromatic rings. The molecule has 0 saturated carbocycles. The van der Waals surface area contributed by atoms with Gasteiger partial charge < -0.3 is 5.73 Å². The molecule has 100 valence electrons. The number of pyridine rings is 1. The van der Waals surface area contributed by atoms with E-state index in [9.17, 15) is 0 Å². The number of nitrogens with zero attached hydrogens (tertiary/aromatic N) is 1. The molecule has 0 aliphatic rings. The number of rotatable bonds is 4. The predicted molar refractivity (Wildman–Crippen MR) is 82.2 cm³/mol. The third kappa shape index (κ3) is 4.39. The molecule has 0 amide bonds. The van der Waals surface area contributed by atoms with E-state index in [1.54, 1.807) is 18.0 Å². The van der Waals surface area contributed by atoms with Crippen molar-refractivity contribution in [2.24, 2.45) is 5.73 Å². The number of aromatic nitrogens is 1. The van der Waals surface area contributed by atoms with Crippen molar-refractivity contribution in [3.63, 3.8) is 0 Å². The Morgan fingerprint density at radius 2 is 1.95 bits per heavy atom. The molecule has 1 heterocycles. The summed E-state index contributed by atoms with van der Waals surface area (Å²) in [5, 5.41) is 2.23. The Balaban J connectivity index is 2.27. The van der Waals surface area contributed by atoms with E-state index >= 15 is 0 Å². The topological polar surface area (TPSA) is 38.9 Å². The molecule has 0 fully saturated rings. The second kappa shape index (κ2) is 6.62. The lowest BCUT2D eigenvalue weighted by molar-refractivity contribution is 0.729. The van der Waals surface area contributed by atoms with Gasteiger partial charge in [0.15, 0.2) is 0 Å². The van der Waals surface area contributed by atoms with Crippen molar-refractivity contribution in [3.05, 3.63) is 52.1 Å². The highest BCUT2D eigenvalue weighted by atomic mass is 35.5. The fourth-order valence-electron chi connectivity index (χ4n) is 1.67. The van der Waals surface area contributed by atoms with E-state index in [1.165, 1.54) is 5.56 Å². The van der Waals surface area contributed by atoms with Crippen LogP contribution in [0.25, 0.3) is 0 Å². The lowest BCUT2D eigenvalue weighted by atomic mass is 10.1. The SMILES string of the molecule is CC(N)Cc1ccc(Cl)cc1Sc1ccc(Cl)cn1. The van der Waals surface area contributed by atoms with Crippen LogP contribution in [-0.4, -0.2) is 11.0 Å². The summed E-state index contributed by atoms with van der Waals surface area (Å²) in [5.41, 5.74) is 7.05. The van der Waals surface area contributed by atoms with E-state index in [0.29, 0.717) is 10.0 Å². The van der Waals surface area contributed by atoms with Crippen LogP contribution < -0.4 is 5.73 Å². The van der Waals surface area contributed by atoms with Crippen molar-refractivity contribution in [1.29, 1.82) is 0 Å². The second-order valence-corrected chi connectivity index (χ2v) is 6.29. The van der Waals surface area contributed by atoms with Crippen molar-refractivity contribution in [2.75, 3.05) is 0 Å². The second-order valence-electron chi connectivity index (χ2n) is 4.35. The van der Waals surface area contributed by atoms with Gasteiger partial charge in [0.25, 0.3) is 0 Å². The first-order valence-electron chi connectivity index (χ1n) is 5.88. The smallest absolute Gasteiger partial charge is 0.101 e. The monoisotopic (exact) mass is 312 g/mol. The maximum atomic E-state index is 6.06. The third-order valence-electron chi connectivity index (χ3n) is 2.49. The van der Waals surface area contributed by atoms with Gasteiger partial charge in [-0.2, -0.15) is 0 Å². The predicted octanol–water partition coefficient (Wildman–Crippen LogP) is 4.43. The van der Waals surface area contributed by atoms with Gasteiger partial charge in [-0.05, 0) is 43.2 Å². The van der Waals surface area contributed by atoms with E-state index in [1.807, 2.05) is 37.3 Å². The van der Waals surface area contributed by atoms with Crippen LogP contribution in [0.4, 0.5) is 0 Å². The zero-order valence-corrected chi connectivity index (χ0v) is 12.8. The maximum absolute atomic E-state index is 6.06. The summed E-state index contributed by atoms with van der Waals surface area (Å²) in [6, 6.07) is 9.68. The van der Waals surface area contributed by atoms with Crippen molar-refractivity contribution in [1.82, 2.24) is 4.98 Å². The average molecular weight is 313 g/mol. The molecule has 1 unspecified atom stereocenters. The molecular formula is C14H14Cl2N2S. The van der Waals surface area contributed by atoms with Crippen LogP contribution in [-0.2, 0) is 6.42 Å². The Labute approximate surface area is 127 Å². The molecule has 0 radical (unpaired) electrons. The summed E-state index contributed by atoms with van der Waals surface area (Å²) in [6.07, 6.45) is 2.45. The Bertz CT molecular complexity index is 556. The summed E-state index contributed by atoms with van der Waals surface area (Å²) in [5.74, 6) is 0. The number of hydrogen-bond acceptors (Lipinski definition) is 3. The minimum absolute atomic E-state index is 0.110. The van der Waals surface area contributed by atoms with Gasteiger partial charge in [-0.1, -0.05) is 41.0 Å². The molecule has 1 atom stereocenters. The lowest BCUT2D eigenvalue weighted by Crippen LogP contribution is -2.18. The summed E-state index contributed by atoms with van der Waals surface area (Å²) in [6.45, 7) is 1.99. The number of benzene rings is 1. The van der Waals surface area contributed by atoms with E-state index < -0.39 is 0 Å². The molecule has 1 aromatic carbocycles. The first kappa shape index (κ1) is 14.7. The molecule has 1 aromatic heterocycles. The first-order valence-corrected chi connectivity index (χ1v) is 7.45. The fourth-order valence-corrected chi connectivity index (χ4v) is 2.96. The van der Waals surface area contributed by atoms with Crippen LogP contribution in [0, 0.1) is 0 Å². The molecule has 0 saturated heterocycles. The van der Waals surface area contributed by atoms with Gasteiger partial charge in [0.05, 0.1) is 5.02 Å². The summed E-state index contributed by atoms with van der Waals surface area (Å²) in [4.78, 5) is 5.36. The average Bonchev–Trinajstić information content (AvgIpc) is 2.35. The number of halogens is 2. The van der Waals surface area contributed by atoms with Crippen LogP contribution in [0.2, 0.25) is 10.0 Å². The van der Waals surface area contributed by atoms with Crippen LogP contribution in [0.5, 0.6) is 0 Å². The highest BCUT2D eigenvalue weighted by Crippen LogP contribution is 2.32. The van der Waals surface area contributed by atoms with Gasteiger partial charge in [0.2, 0.25) is 0 Å². The van der Waals surface area contributed by atoms with E-state index in [-0.39, 0.29) is 6.04 Å². The van der Waals surface area contributed by atoms with Crippen molar-refractivity contribution >= 4 is 35.0 Å². The largest absolute Gasteiger partial charge is 0.328 e. The molecule has 0 bridgehead atoms. The van der Waals surface area contributed by atoms with Crippen LogP contribution in [0.3, 0.4) is 0 Å². The zero-order chi connectivity index (χ0) is 13.8. The molecule has 2 nitrogen and oxygen atoms in total. The number of nitrogens with two attached hydrogens (primary N) is 1. The quantitative estimate of drug-likeness (QED) is 0.907. The van der Waals surface area contributed by atoms with Crippen molar-refractivity contribution in [3.8, 4) is 0 Å². The molecule has 2 rings (SSSR count). The highest BCUT2D eigenvalue weighted by molar-refractivity contribution is 7.99. The maximum Gasteiger partial charge on any atom is 0.101 e. The Morgan fingerprint density at radius 1 is 1.21 bits per heavy atom. The minimum atomic E-state index is 0.110. The lowest BCUT2D eigenvalue weighted by Gasteiger charge is -2.11. The van der Waals surface area contributed by atoms with Gasteiger partial charge in [-0.25, -0.2) is 4.98 Å². The Hall–Kier alpha value is -0.740. The van der Waals surface area contributed by atoms with E-state index in [2.05, 4.69) is 4.98 Å². The number of hydrogen-bond donors (Lipinski definition) is 1. The summed E-state index contributed by atoms with van der Waals surface area (Å²) < 4.78 is 0. The van der Waals surface area contributed by atoms with Gasteiger partial charge in [-0.3, -0.25) is 0 Å². The molecule has 2 N–H and O–H groups in total. The van der Waals surface area contributed by atoms with Gasteiger partial charge in [0, 0.05) is 22.2 Å². The normalized spacial score (nSPS) is 12.4. The van der Waals surface area contributed by atoms with Crippen LogP contribution in [0.1, 0.15) is 12.5 Å². The standard InChI is InChI=1S/C14H14Cl2N2S/c1-9(17)6-10-2-3-11(15)7-13(10)19-14-5-4-12(16)8-18-14/h2-5,7-9H,6,17H2,1H3. The molecular weight excluding hydrogens is 299 g/mol. The summed E-state index contributed by atoms with van der Waals surface area (Å²) in [7, 11) is 0. The molecule has 0 aliphatic carbocycles. The van der Waals surface area contributed by atoms with Crippen LogP contribution >= 0.6 is 35.0 Å². The highest BCUT2D eigenvalue weighted by Gasteiger charge is 2.08. The van der Waals surface area contributed by atoms with Gasteiger partial charge in [-0.15, -0.1) is 0 Å². The minimum Gasteiger partial charge on any atom is -0.328 e. The first-order chi connectivity index (χ1) is 9.04. The Kier molecular flexibility index (Phi) is 5.11.